The first-order valence-corrected chi connectivity index (χ1v) is 6.90. The zero-order chi connectivity index (χ0) is 15.2. The van der Waals surface area contributed by atoms with E-state index in [1.165, 1.54) is 0 Å². The number of halogens is 1. The highest BCUT2D eigenvalue weighted by molar-refractivity contribution is 6.30. The topological polar surface area (TPSA) is 50.4 Å². The highest BCUT2D eigenvalue weighted by Gasteiger charge is 2.07. The van der Waals surface area contributed by atoms with Crippen LogP contribution in [0.4, 0.5) is 10.5 Å². The van der Waals surface area contributed by atoms with Gasteiger partial charge in [-0.15, -0.1) is 0 Å². The molecular formula is C16H17ClN2O2. The van der Waals surface area contributed by atoms with Gasteiger partial charge in [-0.05, 0) is 42.3 Å². The van der Waals surface area contributed by atoms with Crippen molar-refractivity contribution in [3.05, 3.63) is 58.6 Å². The maximum absolute atomic E-state index is 11.9. The lowest BCUT2D eigenvalue weighted by molar-refractivity contribution is 0.251. The Labute approximate surface area is 129 Å². The fraction of sp³-hybridized carbons (Fsp3) is 0.188. The SMILES string of the molecule is COc1cc(C)ccc1NC(=O)NCc1ccc(Cl)cc1. The van der Waals surface area contributed by atoms with Crippen LogP contribution in [0.2, 0.25) is 5.02 Å². The van der Waals surface area contributed by atoms with E-state index in [0.29, 0.717) is 23.0 Å². The van der Waals surface area contributed by atoms with Crippen LogP contribution < -0.4 is 15.4 Å². The lowest BCUT2D eigenvalue weighted by Gasteiger charge is -2.12. The van der Waals surface area contributed by atoms with Crippen molar-refractivity contribution in [3.8, 4) is 5.75 Å². The predicted octanol–water partition coefficient (Wildman–Crippen LogP) is 3.98. The van der Waals surface area contributed by atoms with Crippen molar-refractivity contribution in [2.24, 2.45) is 0 Å². The van der Waals surface area contributed by atoms with E-state index < -0.39 is 0 Å². The van der Waals surface area contributed by atoms with E-state index in [1.54, 1.807) is 19.2 Å². The summed E-state index contributed by atoms with van der Waals surface area (Å²) < 4.78 is 5.25. The summed E-state index contributed by atoms with van der Waals surface area (Å²) in [4.78, 5) is 11.9. The second-order valence-electron chi connectivity index (χ2n) is 4.64. The first-order chi connectivity index (χ1) is 10.1. The maximum Gasteiger partial charge on any atom is 0.319 e. The number of aryl methyl sites for hydroxylation is 1. The Kier molecular flexibility index (Phi) is 5.06. The molecule has 4 nitrogen and oxygen atoms in total. The van der Waals surface area contributed by atoms with E-state index in [0.717, 1.165) is 11.1 Å². The highest BCUT2D eigenvalue weighted by atomic mass is 35.5. The van der Waals surface area contributed by atoms with Gasteiger partial charge in [-0.2, -0.15) is 0 Å². The number of carbonyl (C=O) groups is 1. The predicted molar refractivity (Wildman–Crippen MR) is 85.0 cm³/mol. The summed E-state index contributed by atoms with van der Waals surface area (Å²) in [6, 6.07) is 12.6. The molecule has 0 unspecified atom stereocenters. The van der Waals surface area contributed by atoms with Crippen molar-refractivity contribution in [2.45, 2.75) is 13.5 Å². The lowest BCUT2D eigenvalue weighted by atomic mass is 10.2. The van der Waals surface area contributed by atoms with Crippen molar-refractivity contribution in [1.29, 1.82) is 0 Å². The van der Waals surface area contributed by atoms with Crippen molar-refractivity contribution in [3.63, 3.8) is 0 Å². The van der Waals surface area contributed by atoms with Crippen LogP contribution in [-0.2, 0) is 6.54 Å². The molecule has 21 heavy (non-hydrogen) atoms. The number of nitrogens with one attached hydrogen (secondary N) is 2. The number of ether oxygens (including phenoxy) is 1. The fourth-order valence-electron chi connectivity index (χ4n) is 1.85. The van der Waals surface area contributed by atoms with Crippen LogP contribution in [0.25, 0.3) is 0 Å². The van der Waals surface area contributed by atoms with Crippen LogP contribution in [0, 0.1) is 6.92 Å². The molecule has 2 N–H and O–H groups in total. The normalized spacial score (nSPS) is 10.0. The average molecular weight is 305 g/mol. The number of amides is 2. The van der Waals surface area contributed by atoms with Gasteiger partial charge in [0.05, 0.1) is 12.8 Å². The summed E-state index contributed by atoms with van der Waals surface area (Å²) in [6.07, 6.45) is 0. The molecule has 0 aliphatic heterocycles. The quantitative estimate of drug-likeness (QED) is 0.897. The van der Waals surface area contributed by atoms with E-state index in [4.69, 9.17) is 16.3 Å². The standard InChI is InChI=1S/C16H17ClN2O2/c1-11-3-8-14(15(9-11)21-2)19-16(20)18-10-12-4-6-13(17)7-5-12/h3-9H,10H2,1-2H3,(H2,18,19,20). The van der Waals surface area contributed by atoms with Gasteiger partial charge in [0, 0.05) is 11.6 Å². The van der Waals surface area contributed by atoms with Gasteiger partial charge in [0.15, 0.2) is 0 Å². The number of hydrogen-bond acceptors (Lipinski definition) is 2. The van der Waals surface area contributed by atoms with Crippen molar-refractivity contribution >= 4 is 23.3 Å². The van der Waals surface area contributed by atoms with Crippen molar-refractivity contribution in [2.75, 3.05) is 12.4 Å². The Balaban J connectivity index is 1.94. The van der Waals surface area contributed by atoms with Crippen LogP contribution >= 0.6 is 11.6 Å². The van der Waals surface area contributed by atoms with E-state index in [2.05, 4.69) is 10.6 Å². The summed E-state index contributed by atoms with van der Waals surface area (Å²) >= 11 is 5.81. The van der Waals surface area contributed by atoms with Crippen molar-refractivity contribution in [1.82, 2.24) is 5.32 Å². The van der Waals surface area contributed by atoms with E-state index >= 15 is 0 Å². The first kappa shape index (κ1) is 15.2. The van der Waals surface area contributed by atoms with Gasteiger partial charge < -0.3 is 15.4 Å². The van der Waals surface area contributed by atoms with Gasteiger partial charge >= 0.3 is 6.03 Å². The lowest BCUT2D eigenvalue weighted by Crippen LogP contribution is -2.28. The number of methoxy groups -OCH3 is 1. The van der Waals surface area contributed by atoms with Crippen LogP contribution in [0.5, 0.6) is 5.75 Å². The third-order valence-corrected chi connectivity index (χ3v) is 3.22. The molecule has 0 aliphatic rings. The summed E-state index contributed by atoms with van der Waals surface area (Å²) in [5.74, 6) is 0.636. The molecule has 0 heterocycles. The molecule has 2 aromatic rings. The molecule has 2 rings (SSSR count). The summed E-state index contributed by atoms with van der Waals surface area (Å²) in [6.45, 7) is 2.39. The first-order valence-electron chi connectivity index (χ1n) is 6.52. The molecule has 2 aromatic carbocycles. The Bertz CT molecular complexity index is 627. The molecule has 2 amide bonds. The van der Waals surface area contributed by atoms with Crippen LogP contribution in [0.3, 0.4) is 0 Å². The molecule has 0 bridgehead atoms. The van der Waals surface area contributed by atoms with Crippen molar-refractivity contribution < 1.29 is 9.53 Å². The molecular weight excluding hydrogens is 288 g/mol. The molecule has 0 aliphatic carbocycles. The molecule has 0 fully saturated rings. The average Bonchev–Trinajstić information content (AvgIpc) is 2.48. The minimum absolute atomic E-state index is 0.285. The smallest absolute Gasteiger partial charge is 0.319 e. The minimum atomic E-state index is -0.285. The van der Waals surface area contributed by atoms with Gasteiger partial charge in [-0.1, -0.05) is 29.8 Å². The Hall–Kier alpha value is -2.20. The van der Waals surface area contributed by atoms with E-state index in [1.807, 2.05) is 37.3 Å². The van der Waals surface area contributed by atoms with Gasteiger partial charge in [0.1, 0.15) is 5.75 Å². The fourth-order valence-corrected chi connectivity index (χ4v) is 1.98. The number of benzene rings is 2. The van der Waals surface area contributed by atoms with Crippen LogP contribution in [0.1, 0.15) is 11.1 Å². The Morgan fingerprint density at radius 1 is 1.19 bits per heavy atom. The summed E-state index contributed by atoms with van der Waals surface area (Å²) in [5.41, 5.74) is 2.68. The largest absolute Gasteiger partial charge is 0.495 e. The molecule has 110 valence electrons. The number of rotatable bonds is 4. The number of carbonyl (C=O) groups excluding carboxylic acids is 1. The van der Waals surface area contributed by atoms with Crippen LogP contribution in [0.15, 0.2) is 42.5 Å². The number of anilines is 1. The van der Waals surface area contributed by atoms with Crippen LogP contribution in [-0.4, -0.2) is 13.1 Å². The number of urea groups is 1. The molecule has 0 radical (unpaired) electrons. The third-order valence-electron chi connectivity index (χ3n) is 2.97. The summed E-state index contributed by atoms with van der Waals surface area (Å²) in [7, 11) is 1.57. The minimum Gasteiger partial charge on any atom is -0.495 e. The second kappa shape index (κ2) is 6.99. The maximum atomic E-state index is 11.9. The molecule has 0 saturated heterocycles. The number of hydrogen-bond donors (Lipinski definition) is 2. The van der Waals surface area contributed by atoms with Gasteiger partial charge in [0.25, 0.3) is 0 Å². The van der Waals surface area contributed by atoms with Gasteiger partial charge in [0.2, 0.25) is 0 Å². The highest BCUT2D eigenvalue weighted by Crippen LogP contribution is 2.25. The Morgan fingerprint density at radius 3 is 2.57 bits per heavy atom. The van der Waals surface area contributed by atoms with Gasteiger partial charge in [-0.25, -0.2) is 4.79 Å². The molecule has 0 aromatic heterocycles. The second-order valence-corrected chi connectivity index (χ2v) is 5.07. The monoisotopic (exact) mass is 304 g/mol. The molecule has 0 saturated carbocycles. The zero-order valence-electron chi connectivity index (χ0n) is 11.9. The molecule has 0 atom stereocenters. The van der Waals surface area contributed by atoms with E-state index in [9.17, 15) is 4.79 Å². The zero-order valence-corrected chi connectivity index (χ0v) is 12.7. The molecule has 0 spiro atoms. The summed E-state index contributed by atoms with van der Waals surface area (Å²) in [5, 5.41) is 6.23. The third kappa shape index (κ3) is 4.39. The Morgan fingerprint density at radius 2 is 1.90 bits per heavy atom. The molecule has 5 heteroatoms. The van der Waals surface area contributed by atoms with E-state index in [-0.39, 0.29) is 6.03 Å². The van der Waals surface area contributed by atoms with Gasteiger partial charge in [-0.3, -0.25) is 0 Å².